The number of allylic oxidation sites excluding steroid dienone is 1. The summed E-state index contributed by atoms with van der Waals surface area (Å²) in [5, 5.41) is 12.3. The molecule has 3 amide bonds. The number of methoxy groups -OCH3 is 1. The molecule has 4 heterocycles. The lowest BCUT2D eigenvalue weighted by atomic mass is 9.74. The van der Waals surface area contributed by atoms with E-state index in [-0.39, 0.29) is 43.9 Å². The average molecular weight is 686 g/mol. The smallest absolute Gasteiger partial charge is 0.313 e. The van der Waals surface area contributed by atoms with Crippen LogP contribution in [-0.4, -0.2) is 95.8 Å². The molecule has 1 spiro atoms. The third-order valence-corrected chi connectivity index (χ3v) is 10.2. The molecule has 11 nitrogen and oxygen atoms in total. The van der Waals surface area contributed by atoms with Crippen LogP contribution in [0.2, 0.25) is 0 Å². The van der Waals surface area contributed by atoms with Crippen molar-refractivity contribution in [2.75, 3.05) is 33.4 Å². The minimum Gasteiger partial charge on any atom is -0.455 e. The molecular weight excluding hydrogens is 638 g/mol. The van der Waals surface area contributed by atoms with E-state index in [0.717, 1.165) is 18.4 Å². The highest BCUT2D eigenvalue weighted by Crippen LogP contribution is 2.56. The molecule has 50 heavy (non-hydrogen) atoms. The Bertz CT molecular complexity index is 1570. The van der Waals surface area contributed by atoms with Crippen LogP contribution >= 0.6 is 0 Å². The summed E-state index contributed by atoms with van der Waals surface area (Å²) in [5.74, 6) is -3.41. The van der Waals surface area contributed by atoms with Crippen molar-refractivity contribution in [2.45, 2.75) is 75.0 Å². The summed E-state index contributed by atoms with van der Waals surface area (Å²) in [6, 6.07) is 17.1. The second-order valence-corrected chi connectivity index (χ2v) is 13.5. The summed E-state index contributed by atoms with van der Waals surface area (Å²) in [4.78, 5) is 60.3. The molecule has 0 aromatic heterocycles. The number of nitrogens with zero attached hydrogens (tertiary/aromatic N) is 2. The maximum Gasteiger partial charge on any atom is 0.313 e. The SMILES string of the molecule is COC[C@@H]1NC(=O)CC/C=C\CN(Cc2ccccc2)C(=O)[C@H]2N(CCCCCCO)C(=O)[C@@H]3[C@@H](C(=O)O[C@H]1c1ccccc1)[C@H]1C=C[C@]32O1. The number of ether oxygens (including phenoxy) is 3. The molecule has 0 unspecified atom stereocenters. The zero-order chi connectivity index (χ0) is 35.1. The molecule has 5 bridgehead atoms. The van der Waals surface area contributed by atoms with Gasteiger partial charge in [0.15, 0.2) is 0 Å². The summed E-state index contributed by atoms with van der Waals surface area (Å²) in [6.45, 7) is 1.05. The van der Waals surface area contributed by atoms with Crippen LogP contribution in [-0.2, 0) is 39.9 Å². The van der Waals surface area contributed by atoms with Crippen molar-refractivity contribution in [3.63, 3.8) is 0 Å². The van der Waals surface area contributed by atoms with Gasteiger partial charge in [0.1, 0.15) is 23.7 Å². The first-order valence-corrected chi connectivity index (χ1v) is 17.7. The van der Waals surface area contributed by atoms with Crippen LogP contribution < -0.4 is 5.32 Å². The second-order valence-electron chi connectivity index (χ2n) is 13.5. The lowest BCUT2D eigenvalue weighted by molar-refractivity contribution is -0.162. The molecule has 7 atom stereocenters. The van der Waals surface area contributed by atoms with Crippen LogP contribution in [0.15, 0.2) is 85.0 Å². The van der Waals surface area contributed by atoms with Crippen molar-refractivity contribution < 1.29 is 38.5 Å². The third-order valence-electron chi connectivity index (χ3n) is 10.2. The molecule has 2 N–H and O–H groups in total. The first kappa shape index (κ1) is 35.5. The fourth-order valence-corrected chi connectivity index (χ4v) is 7.84. The molecule has 0 radical (unpaired) electrons. The van der Waals surface area contributed by atoms with Crippen LogP contribution in [0.5, 0.6) is 0 Å². The van der Waals surface area contributed by atoms with E-state index in [1.54, 1.807) is 15.9 Å². The lowest BCUT2D eigenvalue weighted by Gasteiger charge is -2.36. The van der Waals surface area contributed by atoms with Gasteiger partial charge >= 0.3 is 5.97 Å². The van der Waals surface area contributed by atoms with E-state index >= 15 is 0 Å². The van der Waals surface area contributed by atoms with Crippen molar-refractivity contribution >= 4 is 23.7 Å². The van der Waals surface area contributed by atoms with Gasteiger partial charge in [0, 0.05) is 39.8 Å². The highest BCUT2D eigenvalue weighted by Gasteiger charge is 2.73. The number of fused-ring (bicyclic) bond motifs is 2. The Kier molecular flexibility index (Phi) is 11.5. The molecule has 2 saturated heterocycles. The fourth-order valence-electron chi connectivity index (χ4n) is 7.84. The molecule has 2 aromatic rings. The van der Waals surface area contributed by atoms with Crippen LogP contribution in [0.25, 0.3) is 0 Å². The maximum absolute atomic E-state index is 14.9. The summed E-state index contributed by atoms with van der Waals surface area (Å²) >= 11 is 0. The first-order chi connectivity index (χ1) is 24.4. The van der Waals surface area contributed by atoms with Gasteiger partial charge < -0.3 is 34.4 Å². The highest BCUT2D eigenvalue weighted by atomic mass is 16.6. The van der Waals surface area contributed by atoms with Crippen molar-refractivity contribution in [1.82, 2.24) is 15.1 Å². The fraction of sp³-hybridized carbons (Fsp3) is 0.487. The largest absolute Gasteiger partial charge is 0.455 e. The number of rotatable bonds is 11. The molecule has 6 rings (SSSR count). The van der Waals surface area contributed by atoms with Crippen LogP contribution in [0, 0.1) is 11.8 Å². The maximum atomic E-state index is 14.9. The third kappa shape index (κ3) is 7.26. The van der Waals surface area contributed by atoms with Gasteiger partial charge in [-0.15, -0.1) is 0 Å². The molecule has 2 aromatic carbocycles. The van der Waals surface area contributed by atoms with Gasteiger partial charge in [0.05, 0.1) is 24.7 Å². The molecule has 4 aliphatic heterocycles. The topological polar surface area (TPSA) is 135 Å². The Labute approximate surface area is 293 Å². The molecule has 0 saturated carbocycles. The Morgan fingerprint density at radius 3 is 2.42 bits per heavy atom. The van der Waals surface area contributed by atoms with Crippen molar-refractivity contribution in [3.05, 3.63) is 96.1 Å². The van der Waals surface area contributed by atoms with Gasteiger partial charge in [-0.05, 0) is 30.4 Å². The number of esters is 1. The number of nitrogens with one attached hydrogen (secondary N) is 1. The van der Waals surface area contributed by atoms with Gasteiger partial charge in [-0.1, -0.05) is 97.8 Å². The average Bonchev–Trinajstić information content (AvgIpc) is 3.77. The molecular formula is C39H47N3O8. The lowest BCUT2D eigenvalue weighted by Crippen LogP contribution is -2.55. The van der Waals surface area contributed by atoms with Gasteiger partial charge in [0.25, 0.3) is 0 Å². The van der Waals surface area contributed by atoms with E-state index < -0.39 is 47.7 Å². The number of benzene rings is 2. The summed E-state index contributed by atoms with van der Waals surface area (Å²) in [7, 11) is 1.52. The number of carbonyl (C=O) groups is 4. The van der Waals surface area contributed by atoms with Crippen LogP contribution in [0.3, 0.4) is 0 Å². The quantitative estimate of drug-likeness (QED) is 0.209. The summed E-state index contributed by atoms with van der Waals surface area (Å²) in [5.41, 5.74) is 0.253. The predicted octanol–water partition coefficient (Wildman–Crippen LogP) is 3.48. The molecule has 2 fully saturated rings. The van der Waals surface area contributed by atoms with Crippen molar-refractivity contribution in [2.24, 2.45) is 11.8 Å². The van der Waals surface area contributed by atoms with Crippen LogP contribution in [0.1, 0.15) is 55.8 Å². The molecule has 0 aliphatic carbocycles. The van der Waals surface area contributed by atoms with Gasteiger partial charge in [-0.2, -0.15) is 0 Å². The number of unbranched alkanes of at least 4 members (excludes halogenated alkanes) is 3. The Morgan fingerprint density at radius 2 is 1.68 bits per heavy atom. The summed E-state index contributed by atoms with van der Waals surface area (Å²) in [6.07, 6.45) is 9.18. The zero-order valence-electron chi connectivity index (χ0n) is 28.5. The predicted molar refractivity (Wildman–Crippen MR) is 184 cm³/mol. The second kappa shape index (κ2) is 16.1. The van der Waals surface area contributed by atoms with E-state index in [1.165, 1.54) is 7.11 Å². The van der Waals surface area contributed by atoms with Gasteiger partial charge in [-0.25, -0.2) is 0 Å². The van der Waals surface area contributed by atoms with Crippen molar-refractivity contribution in [1.29, 1.82) is 0 Å². The number of aliphatic hydroxyl groups is 1. The molecule has 266 valence electrons. The van der Waals surface area contributed by atoms with Gasteiger partial charge in [0.2, 0.25) is 17.7 Å². The number of hydrogen-bond acceptors (Lipinski definition) is 8. The highest BCUT2D eigenvalue weighted by molar-refractivity contribution is 5.99. The minimum atomic E-state index is -1.34. The summed E-state index contributed by atoms with van der Waals surface area (Å²) < 4.78 is 18.4. The minimum absolute atomic E-state index is 0.0836. The number of cyclic esters (lactones) is 1. The monoisotopic (exact) mass is 685 g/mol. The van der Waals surface area contributed by atoms with E-state index in [0.29, 0.717) is 37.9 Å². The van der Waals surface area contributed by atoms with E-state index in [2.05, 4.69) is 5.32 Å². The molecule has 11 heteroatoms. The number of hydrogen-bond donors (Lipinski definition) is 2. The number of likely N-dealkylation sites (tertiary alicyclic amines) is 1. The Morgan fingerprint density at radius 1 is 0.940 bits per heavy atom. The van der Waals surface area contributed by atoms with E-state index in [4.69, 9.17) is 14.2 Å². The van der Waals surface area contributed by atoms with Crippen molar-refractivity contribution in [3.8, 4) is 0 Å². The van der Waals surface area contributed by atoms with E-state index in [9.17, 15) is 24.3 Å². The standard InChI is InChI=1S/C39H47N3O8/c1-48-26-29-34(28-17-9-5-10-18-28)49-38(47)32-30-20-21-39(50-30)33(32)36(45)42(23-13-2-3-14-24-43)35(39)37(46)41(25-27-15-7-4-8-16-27)22-12-6-11-19-31(44)40-29/h4-10,12,15-18,20-21,29-30,32-35,43H,2-3,11,13-14,19,22-26H2,1H3,(H,40,44)/b12-6-/t29-,30+,32-,33-,34-,35+,39-/m0/s1. The number of carbonyl (C=O) groups excluding carboxylic acids is 4. The van der Waals surface area contributed by atoms with E-state index in [1.807, 2.05) is 78.9 Å². The van der Waals surface area contributed by atoms with Crippen LogP contribution in [0.4, 0.5) is 0 Å². The first-order valence-electron chi connectivity index (χ1n) is 17.7. The Balaban J connectivity index is 1.40. The number of aliphatic hydroxyl groups excluding tert-OH is 1. The number of amides is 3. The Hall–Kier alpha value is -4.32. The zero-order valence-corrected chi connectivity index (χ0v) is 28.5. The molecule has 4 aliphatic rings. The van der Waals surface area contributed by atoms with Gasteiger partial charge in [-0.3, -0.25) is 19.2 Å². The normalized spacial score (nSPS) is 30.4.